The fourth-order valence-electron chi connectivity index (χ4n) is 4.95. The Morgan fingerprint density at radius 1 is 0.595 bits per heavy atom. The van der Waals surface area contributed by atoms with Gasteiger partial charge in [-0.2, -0.15) is 0 Å². The van der Waals surface area contributed by atoms with E-state index in [1.165, 1.54) is 94.9 Å². The summed E-state index contributed by atoms with van der Waals surface area (Å²) in [6, 6.07) is 9.02. The molecule has 2 rings (SSSR count). The zero-order chi connectivity index (χ0) is 27.0. The summed E-state index contributed by atoms with van der Waals surface area (Å²) < 4.78 is 0. The highest BCUT2D eigenvalue weighted by molar-refractivity contribution is 5.91. The Balaban J connectivity index is 1.87. The van der Waals surface area contributed by atoms with Gasteiger partial charge in [-0.3, -0.25) is 0 Å². The molecule has 0 aliphatic rings. The number of carboxylic acids is 2. The Kier molecular flexibility index (Phi) is 13.6. The molecule has 2 aromatic carbocycles. The van der Waals surface area contributed by atoms with Crippen LogP contribution < -0.4 is 0 Å². The van der Waals surface area contributed by atoms with Crippen molar-refractivity contribution >= 4 is 11.9 Å². The Morgan fingerprint density at radius 2 is 0.946 bits per heavy atom. The molecule has 0 fully saturated rings. The Labute approximate surface area is 221 Å². The summed E-state index contributed by atoms with van der Waals surface area (Å²) in [6.07, 6.45) is 18.3. The fourth-order valence-corrected chi connectivity index (χ4v) is 4.95. The highest BCUT2D eigenvalue weighted by atomic mass is 16.4. The first-order valence-electron chi connectivity index (χ1n) is 14.0. The smallest absolute Gasteiger partial charge is 0.339 e. The van der Waals surface area contributed by atoms with Gasteiger partial charge in [-0.15, -0.1) is 0 Å². The van der Waals surface area contributed by atoms with E-state index in [0.29, 0.717) is 17.5 Å². The van der Waals surface area contributed by atoms with E-state index in [-0.39, 0.29) is 28.5 Å². The van der Waals surface area contributed by atoms with Gasteiger partial charge in [-0.25, -0.2) is 9.59 Å². The molecule has 0 aliphatic heterocycles. The van der Waals surface area contributed by atoms with Gasteiger partial charge in [0, 0.05) is 5.92 Å². The molecule has 204 valence electrons. The predicted octanol–water partition coefficient (Wildman–Crippen LogP) is 8.50. The maximum atomic E-state index is 11.5. The van der Waals surface area contributed by atoms with Crippen LogP contribution in [0.5, 0.6) is 11.5 Å². The van der Waals surface area contributed by atoms with Crippen LogP contribution in [-0.4, -0.2) is 32.4 Å². The number of aromatic hydroxyl groups is 2. The molecular weight excluding hydrogens is 468 g/mol. The zero-order valence-corrected chi connectivity index (χ0v) is 22.3. The van der Waals surface area contributed by atoms with E-state index >= 15 is 0 Å². The van der Waals surface area contributed by atoms with Crippen LogP contribution in [0.15, 0.2) is 36.4 Å². The van der Waals surface area contributed by atoms with Crippen molar-refractivity contribution in [3.05, 3.63) is 58.7 Å². The molecule has 4 N–H and O–H groups in total. The van der Waals surface area contributed by atoms with Gasteiger partial charge >= 0.3 is 11.9 Å². The fraction of sp³-hybridized carbons (Fsp3) is 0.548. The average molecular weight is 513 g/mol. The predicted molar refractivity (Wildman–Crippen MR) is 147 cm³/mol. The molecule has 0 aliphatic carbocycles. The monoisotopic (exact) mass is 512 g/mol. The maximum absolute atomic E-state index is 11.5. The van der Waals surface area contributed by atoms with Crippen LogP contribution >= 0.6 is 0 Å². The highest BCUT2D eigenvalue weighted by Gasteiger charge is 2.20. The first-order valence-corrected chi connectivity index (χ1v) is 14.0. The molecule has 0 bridgehead atoms. The maximum Gasteiger partial charge on any atom is 0.339 e. The summed E-state index contributed by atoms with van der Waals surface area (Å²) in [5, 5.41) is 38.7. The van der Waals surface area contributed by atoms with E-state index in [4.69, 9.17) is 0 Å². The van der Waals surface area contributed by atoms with Crippen molar-refractivity contribution in [2.24, 2.45) is 0 Å². The minimum absolute atomic E-state index is 0.180. The summed E-state index contributed by atoms with van der Waals surface area (Å²) >= 11 is 0. The van der Waals surface area contributed by atoms with Gasteiger partial charge in [-0.1, -0.05) is 109 Å². The van der Waals surface area contributed by atoms with E-state index in [2.05, 4.69) is 6.92 Å². The number of hydrogen-bond donors (Lipinski definition) is 4. The van der Waals surface area contributed by atoms with Gasteiger partial charge in [0.05, 0.1) is 0 Å². The molecule has 6 heteroatoms. The molecule has 0 radical (unpaired) electrons. The van der Waals surface area contributed by atoms with E-state index in [1.807, 2.05) is 0 Å². The van der Waals surface area contributed by atoms with Crippen molar-refractivity contribution in [1.29, 1.82) is 0 Å². The van der Waals surface area contributed by atoms with Gasteiger partial charge < -0.3 is 20.4 Å². The number of phenols is 2. The normalized spacial score (nSPS) is 11.2. The minimum Gasteiger partial charge on any atom is -0.507 e. The van der Waals surface area contributed by atoms with Crippen molar-refractivity contribution in [3.63, 3.8) is 0 Å². The molecule has 2 aromatic rings. The van der Waals surface area contributed by atoms with Gasteiger partial charge in [0.15, 0.2) is 0 Å². The Bertz CT molecular complexity index is 920. The molecule has 0 atom stereocenters. The highest BCUT2D eigenvalue weighted by Crippen LogP contribution is 2.35. The number of unbranched alkanes of at least 4 members (excludes halogenated alkanes) is 13. The van der Waals surface area contributed by atoms with Crippen LogP contribution in [0.3, 0.4) is 0 Å². The molecule has 0 amide bonds. The minimum atomic E-state index is -1.22. The third-order valence-electron chi connectivity index (χ3n) is 7.15. The number of benzene rings is 2. The van der Waals surface area contributed by atoms with E-state index in [0.717, 1.165) is 19.3 Å². The lowest BCUT2D eigenvalue weighted by Crippen LogP contribution is -2.06. The van der Waals surface area contributed by atoms with Crippen LogP contribution in [0.25, 0.3) is 0 Å². The molecular formula is C31H44O6. The second-order valence-corrected chi connectivity index (χ2v) is 10.1. The molecule has 37 heavy (non-hydrogen) atoms. The topological polar surface area (TPSA) is 115 Å². The summed E-state index contributed by atoms with van der Waals surface area (Å²) in [5.41, 5.74) is 1.04. The molecule has 0 heterocycles. The number of carbonyl (C=O) groups is 2. The SMILES string of the molecule is CCCCCCCCCCCCCCCCC(c1ccc(O)c(C(=O)O)c1)c1ccc(O)c(C(=O)O)c1. The molecule has 0 saturated heterocycles. The van der Waals surface area contributed by atoms with Crippen molar-refractivity contribution in [3.8, 4) is 11.5 Å². The van der Waals surface area contributed by atoms with Crippen LogP contribution in [0.2, 0.25) is 0 Å². The van der Waals surface area contributed by atoms with Crippen molar-refractivity contribution < 1.29 is 30.0 Å². The zero-order valence-electron chi connectivity index (χ0n) is 22.3. The second-order valence-electron chi connectivity index (χ2n) is 10.1. The molecule has 0 spiro atoms. The molecule has 6 nitrogen and oxygen atoms in total. The number of aromatic carboxylic acids is 2. The van der Waals surface area contributed by atoms with Crippen LogP contribution in [0.4, 0.5) is 0 Å². The Morgan fingerprint density at radius 3 is 1.30 bits per heavy atom. The third-order valence-corrected chi connectivity index (χ3v) is 7.15. The van der Waals surface area contributed by atoms with Crippen LogP contribution in [0.1, 0.15) is 141 Å². The van der Waals surface area contributed by atoms with Crippen molar-refractivity contribution in [2.75, 3.05) is 0 Å². The average Bonchev–Trinajstić information content (AvgIpc) is 2.87. The lowest BCUT2D eigenvalue weighted by atomic mass is 9.85. The standard InChI is InChI=1S/C31H44O6/c1-2-3-4-5-6-7-8-9-10-11-12-13-14-15-16-25(23-17-19-28(32)26(21-23)30(34)35)24-18-20-29(33)27(22-24)31(36)37/h17-22,25,32-33H,2-16H2,1H3,(H,34,35)(H,36,37). The van der Waals surface area contributed by atoms with Crippen LogP contribution in [0, 0.1) is 0 Å². The third kappa shape index (κ3) is 10.5. The lowest BCUT2D eigenvalue weighted by Gasteiger charge is -2.20. The summed E-state index contributed by atoms with van der Waals surface area (Å²) in [5.74, 6) is -3.28. The summed E-state index contributed by atoms with van der Waals surface area (Å²) in [7, 11) is 0. The lowest BCUT2D eigenvalue weighted by molar-refractivity contribution is 0.0682. The largest absolute Gasteiger partial charge is 0.507 e. The van der Waals surface area contributed by atoms with Gasteiger partial charge in [0.1, 0.15) is 22.6 Å². The van der Waals surface area contributed by atoms with E-state index in [9.17, 15) is 30.0 Å². The number of rotatable bonds is 19. The number of hydrogen-bond acceptors (Lipinski definition) is 4. The second kappa shape index (κ2) is 16.7. The van der Waals surface area contributed by atoms with Gasteiger partial charge in [0.2, 0.25) is 0 Å². The van der Waals surface area contributed by atoms with Gasteiger partial charge in [0.25, 0.3) is 0 Å². The first kappa shape index (κ1) is 30.2. The quantitative estimate of drug-likeness (QED) is 0.140. The first-order chi connectivity index (χ1) is 17.8. The molecule has 0 aromatic heterocycles. The van der Waals surface area contributed by atoms with E-state index < -0.39 is 11.9 Å². The summed E-state index contributed by atoms with van der Waals surface area (Å²) in [4.78, 5) is 23.1. The molecule has 0 unspecified atom stereocenters. The van der Waals surface area contributed by atoms with Crippen molar-refractivity contribution in [1.82, 2.24) is 0 Å². The van der Waals surface area contributed by atoms with E-state index in [1.54, 1.807) is 12.1 Å². The van der Waals surface area contributed by atoms with Gasteiger partial charge in [-0.05, 0) is 41.8 Å². The molecule has 0 saturated carbocycles. The van der Waals surface area contributed by atoms with Crippen LogP contribution in [-0.2, 0) is 0 Å². The summed E-state index contributed by atoms with van der Waals surface area (Å²) in [6.45, 7) is 2.25. The number of carboxylic acid groups (broad SMARTS) is 2. The van der Waals surface area contributed by atoms with Crippen molar-refractivity contribution in [2.45, 2.75) is 109 Å². The Hall–Kier alpha value is -3.02.